The highest BCUT2D eigenvalue weighted by molar-refractivity contribution is 5.13. The van der Waals surface area contributed by atoms with Gasteiger partial charge in [-0.3, -0.25) is 0 Å². The van der Waals surface area contributed by atoms with Crippen LogP contribution in [0.5, 0.6) is 0 Å². The molecule has 0 aliphatic carbocycles. The van der Waals surface area contributed by atoms with Crippen molar-refractivity contribution in [1.29, 1.82) is 0 Å². The zero-order valence-electron chi connectivity index (χ0n) is 11.4. The fourth-order valence-corrected chi connectivity index (χ4v) is 2.06. The van der Waals surface area contributed by atoms with E-state index in [1.165, 1.54) is 6.92 Å². The van der Waals surface area contributed by atoms with Crippen molar-refractivity contribution in [3.63, 3.8) is 0 Å². The van der Waals surface area contributed by atoms with E-state index in [9.17, 15) is 18.3 Å². The van der Waals surface area contributed by atoms with Gasteiger partial charge in [-0.15, -0.1) is 0 Å². The van der Waals surface area contributed by atoms with Crippen molar-refractivity contribution in [2.45, 2.75) is 44.3 Å². The van der Waals surface area contributed by atoms with E-state index < -0.39 is 30.8 Å². The maximum absolute atomic E-state index is 12.7. The minimum atomic E-state index is -4.77. The molecule has 1 heterocycles. The zero-order valence-corrected chi connectivity index (χ0v) is 11.4. The lowest BCUT2D eigenvalue weighted by Gasteiger charge is -2.37. The number of ether oxygens (including phenoxy) is 3. The highest BCUT2D eigenvalue weighted by Crippen LogP contribution is 2.29. The minimum absolute atomic E-state index is 0.0637. The predicted molar refractivity (Wildman–Crippen MR) is 67.4 cm³/mol. The number of hydrogen-bond donors (Lipinski definition) is 1. The molecule has 4 nitrogen and oxygen atoms in total. The number of hydrogen-bond acceptors (Lipinski definition) is 4. The molecule has 0 saturated carbocycles. The van der Waals surface area contributed by atoms with Gasteiger partial charge in [0.1, 0.15) is 12.2 Å². The van der Waals surface area contributed by atoms with E-state index in [0.717, 1.165) is 5.56 Å². The first-order valence-corrected chi connectivity index (χ1v) is 6.55. The number of alkyl halides is 3. The molecule has 1 aliphatic rings. The lowest BCUT2D eigenvalue weighted by molar-refractivity contribution is -0.315. The molecule has 1 fully saturated rings. The van der Waals surface area contributed by atoms with Crippen LogP contribution in [0.25, 0.3) is 0 Å². The van der Waals surface area contributed by atoms with Crippen molar-refractivity contribution in [2.24, 2.45) is 0 Å². The summed E-state index contributed by atoms with van der Waals surface area (Å²) in [7, 11) is 0. The molecular formula is C14H17F3O4. The lowest BCUT2D eigenvalue weighted by atomic mass is 10.1. The van der Waals surface area contributed by atoms with Crippen LogP contribution >= 0.6 is 0 Å². The summed E-state index contributed by atoms with van der Waals surface area (Å²) in [5, 5.41) is 9.41. The molecule has 1 aromatic carbocycles. The molecule has 7 heteroatoms. The van der Waals surface area contributed by atoms with Gasteiger partial charge in [0.2, 0.25) is 0 Å². The van der Waals surface area contributed by atoms with Crippen LogP contribution in [0, 0.1) is 0 Å². The van der Waals surface area contributed by atoms with Gasteiger partial charge in [0.15, 0.2) is 12.4 Å². The largest absolute Gasteiger partial charge is 0.417 e. The number of rotatable bonds is 4. The van der Waals surface area contributed by atoms with E-state index in [2.05, 4.69) is 0 Å². The molecule has 1 saturated heterocycles. The summed E-state index contributed by atoms with van der Waals surface area (Å²) in [5.41, 5.74) is 0.816. The molecular weight excluding hydrogens is 289 g/mol. The van der Waals surface area contributed by atoms with Crippen LogP contribution in [-0.2, 0) is 20.8 Å². The van der Waals surface area contributed by atoms with Crippen molar-refractivity contribution in [1.82, 2.24) is 0 Å². The van der Waals surface area contributed by atoms with Crippen LogP contribution in [0.3, 0.4) is 0 Å². The Morgan fingerprint density at radius 1 is 1.33 bits per heavy atom. The Balaban J connectivity index is 2.01. The van der Waals surface area contributed by atoms with Crippen LogP contribution in [0.2, 0.25) is 0 Å². The van der Waals surface area contributed by atoms with Gasteiger partial charge in [-0.05, 0) is 12.5 Å². The summed E-state index contributed by atoms with van der Waals surface area (Å²) in [6, 6.07) is 9.02. The summed E-state index contributed by atoms with van der Waals surface area (Å²) in [6.45, 7) is 1.53. The molecule has 0 amide bonds. The van der Waals surface area contributed by atoms with Gasteiger partial charge in [-0.25, -0.2) is 0 Å². The normalized spacial score (nSPS) is 28.3. The SMILES string of the molecule is C[C@@H]1OC[C@@H](OCc2ccccc2)[C@H]([C@@H](O)C(F)(F)F)O1. The van der Waals surface area contributed by atoms with Crippen molar-refractivity contribution >= 4 is 0 Å². The fourth-order valence-electron chi connectivity index (χ4n) is 2.06. The van der Waals surface area contributed by atoms with Gasteiger partial charge in [0.05, 0.1) is 13.2 Å². The van der Waals surface area contributed by atoms with Crippen molar-refractivity contribution in [3.05, 3.63) is 35.9 Å². The van der Waals surface area contributed by atoms with Gasteiger partial charge >= 0.3 is 6.18 Å². The summed E-state index contributed by atoms with van der Waals surface area (Å²) in [5.74, 6) is 0. The third-order valence-electron chi connectivity index (χ3n) is 3.16. The van der Waals surface area contributed by atoms with Gasteiger partial charge in [-0.1, -0.05) is 30.3 Å². The highest BCUT2D eigenvalue weighted by Gasteiger charge is 2.49. The van der Waals surface area contributed by atoms with E-state index in [0.29, 0.717) is 0 Å². The average Bonchev–Trinajstić information content (AvgIpc) is 2.45. The third kappa shape index (κ3) is 4.41. The molecule has 0 radical (unpaired) electrons. The molecule has 0 bridgehead atoms. The van der Waals surface area contributed by atoms with E-state index in [-0.39, 0.29) is 13.2 Å². The standard InChI is InChI=1S/C14H17F3O4/c1-9-19-8-11(12(21-9)13(18)14(15,16)17)20-7-10-5-3-2-4-6-10/h2-6,9,11-13,18H,7-8H2,1H3/t9-,11-,12-,13-/m1/s1. The molecule has 1 aliphatic heterocycles. The Kier molecular flexibility index (Phi) is 5.21. The Morgan fingerprint density at radius 3 is 2.62 bits per heavy atom. The Morgan fingerprint density at radius 2 is 2.00 bits per heavy atom. The van der Waals surface area contributed by atoms with Crippen LogP contribution in [-0.4, -0.2) is 42.5 Å². The maximum atomic E-state index is 12.7. The monoisotopic (exact) mass is 306 g/mol. The quantitative estimate of drug-likeness (QED) is 0.927. The second kappa shape index (κ2) is 6.74. The first-order valence-electron chi connectivity index (χ1n) is 6.55. The fraction of sp³-hybridized carbons (Fsp3) is 0.571. The molecule has 0 spiro atoms. The Hall–Kier alpha value is -1.15. The molecule has 1 N–H and O–H groups in total. The third-order valence-corrected chi connectivity index (χ3v) is 3.16. The predicted octanol–water partition coefficient (Wildman–Crippen LogP) is 2.26. The molecule has 2 rings (SSSR count). The molecule has 0 aromatic heterocycles. The molecule has 21 heavy (non-hydrogen) atoms. The van der Waals surface area contributed by atoms with Gasteiger partial charge in [-0.2, -0.15) is 13.2 Å². The highest BCUT2D eigenvalue weighted by atomic mass is 19.4. The molecule has 118 valence electrons. The summed E-state index contributed by atoms with van der Waals surface area (Å²) in [4.78, 5) is 0. The smallest absolute Gasteiger partial charge is 0.381 e. The first-order chi connectivity index (χ1) is 9.88. The summed E-state index contributed by atoms with van der Waals surface area (Å²) < 4.78 is 53.7. The minimum Gasteiger partial charge on any atom is -0.381 e. The number of benzene rings is 1. The summed E-state index contributed by atoms with van der Waals surface area (Å²) >= 11 is 0. The molecule has 4 atom stereocenters. The Labute approximate surface area is 120 Å². The van der Waals surface area contributed by atoms with E-state index in [1.54, 1.807) is 24.3 Å². The van der Waals surface area contributed by atoms with Crippen LogP contribution in [0.15, 0.2) is 30.3 Å². The maximum Gasteiger partial charge on any atom is 0.417 e. The van der Waals surface area contributed by atoms with E-state index >= 15 is 0 Å². The first kappa shape index (κ1) is 16.2. The van der Waals surface area contributed by atoms with E-state index in [4.69, 9.17) is 14.2 Å². The number of halogens is 3. The second-order valence-electron chi connectivity index (χ2n) is 4.82. The lowest BCUT2D eigenvalue weighted by Crippen LogP contribution is -2.54. The average molecular weight is 306 g/mol. The number of aliphatic hydroxyl groups excluding tert-OH is 1. The molecule has 1 aromatic rings. The van der Waals surface area contributed by atoms with Crippen molar-refractivity contribution in [2.75, 3.05) is 6.61 Å². The van der Waals surface area contributed by atoms with Crippen molar-refractivity contribution < 1.29 is 32.5 Å². The number of aliphatic hydroxyl groups is 1. The summed E-state index contributed by atoms with van der Waals surface area (Å²) in [6.07, 6.45) is -10.7. The van der Waals surface area contributed by atoms with Gasteiger partial charge in [0.25, 0.3) is 0 Å². The van der Waals surface area contributed by atoms with Crippen LogP contribution in [0.4, 0.5) is 13.2 Å². The Bertz CT molecular complexity index is 438. The van der Waals surface area contributed by atoms with Crippen LogP contribution in [0.1, 0.15) is 12.5 Å². The molecule has 0 unspecified atom stereocenters. The topological polar surface area (TPSA) is 47.9 Å². The van der Waals surface area contributed by atoms with Crippen LogP contribution < -0.4 is 0 Å². The van der Waals surface area contributed by atoms with E-state index in [1.807, 2.05) is 6.07 Å². The van der Waals surface area contributed by atoms with Crippen molar-refractivity contribution in [3.8, 4) is 0 Å². The zero-order chi connectivity index (χ0) is 15.5. The second-order valence-corrected chi connectivity index (χ2v) is 4.82. The van der Waals surface area contributed by atoms with Gasteiger partial charge in [0, 0.05) is 0 Å². The van der Waals surface area contributed by atoms with Gasteiger partial charge < -0.3 is 19.3 Å².